The van der Waals surface area contributed by atoms with Gasteiger partial charge in [-0.25, -0.2) is 0 Å². The van der Waals surface area contributed by atoms with Crippen molar-refractivity contribution >= 4 is 0 Å². The summed E-state index contributed by atoms with van der Waals surface area (Å²) in [5.41, 5.74) is 2.55. The lowest BCUT2D eigenvalue weighted by molar-refractivity contribution is 0.173. The molecule has 1 atom stereocenters. The van der Waals surface area contributed by atoms with E-state index in [2.05, 4.69) is 41.7 Å². The highest BCUT2D eigenvalue weighted by Gasteiger charge is 2.32. The molecule has 0 saturated heterocycles. The van der Waals surface area contributed by atoms with Crippen LogP contribution in [-0.2, 0) is 6.54 Å². The van der Waals surface area contributed by atoms with E-state index in [-0.39, 0.29) is 0 Å². The number of nitrogens with one attached hydrogen (secondary N) is 1. The molecule has 1 heterocycles. The highest BCUT2D eigenvalue weighted by atomic mass is 16.7. The Morgan fingerprint density at radius 1 is 1.00 bits per heavy atom. The Morgan fingerprint density at radius 3 is 2.67 bits per heavy atom. The molecule has 0 bridgehead atoms. The third-order valence-electron chi connectivity index (χ3n) is 4.24. The summed E-state index contributed by atoms with van der Waals surface area (Å²) >= 11 is 0. The van der Waals surface area contributed by atoms with Crippen molar-refractivity contribution in [1.29, 1.82) is 0 Å². The lowest BCUT2D eigenvalue weighted by atomic mass is 10.0. The van der Waals surface area contributed by atoms with E-state index in [1.165, 1.54) is 24.0 Å². The Morgan fingerprint density at radius 2 is 1.86 bits per heavy atom. The van der Waals surface area contributed by atoms with Gasteiger partial charge in [0.15, 0.2) is 11.5 Å². The van der Waals surface area contributed by atoms with E-state index in [1.54, 1.807) is 0 Å². The monoisotopic (exact) mass is 281 g/mol. The van der Waals surface area contributed by atoms with Gasteiger partial charge in [-0.3, -0.25) is 0 Å². The van der Waals surface area contributed by atoms with Gasteiger partial charge >= 0.3 is 0 Å². The maximum absolute atomic E-state index is 5.58. The zero-order chi connectivity index (χ0) is 14.1. The van der Waals surface area contributed by atoms with Crippen molar-refractivity contribution in [3.05, 3.63) is 59.7 Å². The quantitative estimate of drug-likeness (QED) is 0.907. The molecule has 2 aliphatic rings. The number of benzene rings is 2. The number of para-hydroxylation sites is 1. The van der Waals surface area contributed by atoms with Gasteiger partial charge in [-0.05, 0) is 30.4 Å². The summed E-state index contributed by atoms with van der Waals surface area (Å²) in [4.78, 5) is 0. The lowest BCUT2D eigenvalue weighted by Gasteiger charge is -2.19. The van der Waals surface area contributed by atoms with Crippen LogP contribution >= 0.6 is 0 Å². The lowest BCUT2D eigenvalue weighted by Crippen LogP contribution is -2.22. The summed E-state index contributed by atoms with van der Waals surface area (Å²) < 4.78 is 11.0. The topological polar surface area (TPSA) is 30.5 Å². The average molecular weight is 281 g/mol. The van der Waals surface area contributed by atoms with Crippen molar-refractivity contribution in [2.45, 2.75) is 25.4 Å². The SMILES string of the molecule is c1ccc([C@@H](NCc2cccc3c2OCO3)C2CC2)cc1. The zero-order valence-corrected chi connectivity index (χ0v) is 11.9. The van der Waals surface area contributed by atoms with Gasteiger partial charge in [0.25, 0.3) is 0 Å². The number of hydrogen-bond donors (Lipinski definition) is 1. The van der Waals surface area contributed by atoms with E-state index in [1.807, 2.05) is 12.1 Å². The van der Waals surface area contributed by atoms with E-state index < -0.39 is 0 Å². The molecule has 0 spiro atoms. The van der Waals surface area contributed by atoms with Crippen LogP contribution < -0.4 is 14.8 Å². The van der Waals surface area contributed by atoms with Crippen LogP contribution in [0, 0.1) is 5.92 Å². The van der Waals surface area contributed by atoms with Gasteiger partial charge in [-0.2, -0.15) is 0 Å². The molecule has 3 nitrogen and oxygen atoms in total. The number of fused-ring (bicyclic) bond motifs is 1. The predicted molar refractivity (Wildman–Crippen MR) is 81.3 cm³/mol. The van der Waals surface area contributed by atoms with Crippen LogP contribution in [0.25, 0.3) is 0 Å². The standard InChI is InChI=1S/C18H19NO2/c1-2-5-13(6-3-1)17(14-9-10-14)19-11-15-7-4-8-16-18(15)21-12-20-16/h1-8,14,17,19H,9-12H2/t17-/m1/s1. The van der Waals surface area contributed by atoms with Crippen LogP contribution in [0.4, 0.5) is 0 Å². The summed E-state index contributed by atoms with van der Waals surface area (Å²) in [5, 5.41) is 3.71. The fraction of sp³-hybridized carbons (Fsp3) is 0.333. The Labute approximate surface area is 124 Å². The van der Waals surface area contributed by atoms with Gasteiger partial charge < -0.3 is 14.8 Å². The second-order valence-electron chi connectivity index (χ2n) is 5.76. The summed E-state index contributed by atoms with van der Waals surface area (Å²) in [6, 6.07) is 17.3. The van der Waals surface area contributed by atoms with Crippen molar-refractivity contribution < 1.29 is 9.47 Å². The van der Waals surface area contributed by atoms with Crippen molar-refractivity contribution in [1.82, 2.24) is 5.32 Å². The summed E-state index contributed by atoms with van der Waals surface area (Å²) in [5.74, 6) is 2.52. The summed E-state index contributed by atoms with van der Waals surface area (Å²) in [6.45, 7) is 1.14. The van der Waals surface area contributed by atoms with Crippen LogP contribution in [-0.4, -0.2) is 6.79 Å². The fourth-order valence-electron chi connectivity index (χ4n) is 3.00. The minimum absolute atomic E-state index is 0.330. The van der Waals surface area contributed by atoms with E-state index in [9.17, 15) is 0 Å². The molecule has 3 heteroatoms. The fourth-order valence-corrected chi connectivity index (χ4v) is 3.00. The molecular formula is C18H19NO2. The Kier molecular flexibility index (Phi) is 3.28. The van der Waals surface area contributed by atoms with Gasteiger partial charge in [0, 0.05) is 18.2 Å². The smallest absolute Gasteiger partial charge is 0.231 e. The zero-order valence-electron chi connectivity index (χ0n) is 11.9. The first-order valence-electron chi connectivity index (χ1n) is 7.57. The molecule has 1 fully saturated rings. The molecule has 0 aromatic heterocycles. The molecule has 4 rings (SSSR count). The maximum Gasteiger partial charge on any atom is 0.231 e. The third-order valence-corrected chi connectivity index (χ3v) is 4.24. The van der Waals surface area contributed by atoms with Crippen molar-refractivity contribution in [2.75, 3.05) is 6.79 Å². The molecule has 1 aliphatic heterocycles. The van der Waals surface area contributed by atoms with Crippen molar-refractivity contribution in [3.63, 3.8) is 0 Å². The molecule has 2 aromatic carbocycles. The van der Waals surface area contributed by atoms with Crippen LogP contribution in [0.1, 0.15) is 30.0 Å². The second-order valence-corrected chi connectivity index (χ2v) is 5.76. The first kappa shape index (κ1) is 12.7. The highest BCUT2D eigenvalue weighted by molar-refractivity contribution is 5.48. The summed E-state index contributed by atoms with van der Waals surface area (Å²) in [6.07, 6.45) is 2.64. The van der Waals surface area contributed by atoms with E-state index in [0.29, 0.717) is 12.8 Å². The number of hydrogen-bond acceptors (Lipinski definition) is 3. The maximum atomic E-state index is 5.58. The van der Waals surface area contributed by atoms with E-state index in [4.69, 9.17) is 9.47 Å². The van der Waals surface area contributed by atoms with Crippen LogP contribution in [0.3, 0.4) is 0 Å². The van der Waals surface area contributed by atoms with Gasteiger partial charge in [0.05, 0.1) is 0 Å². The molecule has 1 aliphatic carbocycles. The molecule has 2 aromatic rings. The number of rotatable bonds is 5. The van der Waals surface area contributed by atoms with Gasteiger partial charge in [0.1, 0.15) is 0 Å². The van der Waals surface area contributed by atoms with Crippen molar-refractivity contribution in [3.8, 4) is 11.5 Å². The van der Waals surface area contributed by atoms with Gasteiger partial charge in [-0.15, -0.1) is 0 Å². The Bertz CT molecular complexity index is 622. The molecular weight excluding hydrogens is 262 g/mol. The Balaban J connectivity index is 1.51. The highest BCUT2D eigenvalue weighted by Crippen LogP contribution is 2.42. The van der Waals surface area contributed by atoms with Crippen LogP contribution in [0.15, 0.2) is 48.5 Å². The largest absolute Gasteiger partial charge is 0.454 e. The molecule has 0 unspecified atom stereocenters. The molecule has 21 heavy (non-hydrogen) atoms. The first-order valence-corrected chi connectivity index (χ1v) is 7.57. The Hall–Kier alpha value is -2.00. The van der Waals surface area contributed by atoms with Crippen LogP contribution in [0.5, 0.6) is 11.5 Å². The van der Waals surface area contributed by atoms with Gasteiger partial charge in [-0.1, -0.05) is 42.5 Å². The second kappa shape index (κ2) is 5.41. The minimum Gasteiger partial charge on any atom is -0.454 e. The molecule has 0 amide bonds. The summed E-state index contributed by atoms with van der Waals surface area (Å²) in [7, 11) is 0. The third kappa shape index (κ3) is 2.61. The predicted octanol–water partition coefficient (Wildman–Crippen LogP) is 3.66. The van der Waals surface area contributed by atoms with Crippen molar-refractivity contribution in [2.24, 2.45) is 5.92 Å². The van der Waals surface area contributed by atoms with Crippen LogP contribution in [0.2, 0.25) is 0 Å². The molecule has 1 saturated carbocycles. The van der Waals surface area contributed by atoms with E-state index >= 15 is 0 Å². The minimum atomic E-state index is 0.330. The molecule has 1 N–H and O–H groups in total. The average Bonchev–Trinajstić information content (AvgIpc) is 3.25. The molecule has 0 radical (unpaired) electrons. The van der Waals surface area contributed by atoms with E-state index in [0.717, 1.165) is 24.0 Å². The number of ether oxygens (including phenoxy) is 2. The molecule has 108 valence electrons. The first-order chi connectivity index (χ1) is 10.4. The normalized spacial score (nSPS) is 17.7. The van der Waals surface area contributed by atoms with Gasteiger partial charge in [0.2, 0.25) is 6.79 Å².